The normalized spacial score (nSPS) is 36.0. The maximum absolute atomic E-state index is 6.39. The lowest BCUT2D eigenvalue weighted by Gasteiger charge is -2.47. The van der Waals surface area contributed by atoms with Gasteiger partial charge in [0.05, 0.1) is 0 Å². The van der Waals surface area contributed by atoms with Crippen molar-refractivity contribution in [2.75, 3.05) is 26.2 Å². The lowest BCUT2D eigenvalue weighted by atomic mass is 9.81. The van der Waals surface area contributed by atoms with E-state index < -0.39 is 0 Å². The van der Waals surface area contributed by atoms with Gasteiger partial charge in [0.25, 0.3) is 0 Å². The molecule has 2 heterocycles. The molecular formula is C13H25N3. The molecule has 3 rings (SSSR count). The highest BCUT2D eigenvalue weighted by molar-refractivity contribution is 5.07. The summed E-state index contributed by atoms with van der Waals surface area (Å²) in [5.74, 6) is 0. The van der Waals surface area contributed by atoms with E-state index >= 15 is 0 Å². The van der Waals surface area contributed by atoms with Gasteiger partial charge in [-0.05, 0) is 38.6 Å². The minimum absolute atomic E-state index is 0.361. The molecule has 0 amide bonds. The van der Waals surface area contributed by atoms with Crippen molar-refractivity contribution in [1.82, 2.24) is 9.80 Å². The van der Waals surface area contributed by atoms with Gasteiger partial charge in [0.2, 0.25) is 0 Å². The number of rotatable bonds is 2. The zero-order valence-corrected chi connectivity index (χ0v) is 10.5. The Morgan fingerprint density at radius 3 is 2.38 bits per heavy atom. The molecular weight excluding hydrogens is 198 g/mol. The highest BCUT2D eigenvalue weighted by Gasteiger charge is 2.48. The number of hydrogen-bond acceptors (Lipinski definition) is 3. The van der Waals surface area contributed by atoms with E-state index in [1.165, 1.54) is 58.3 Å². The molecule has 1 saturated carbocycles. The molecule has 16 heavy (non-hydrogen) atoms. The molecule has 2 aliphatic heterocycles. The van der Waals surface area contributed by atoms with Crippen LogP contribution >= 0.6 is 0 Å². The van der Waals surface area contributed by atoms with Crippen molar-refractivity contribution in [2.45, 2.75) is 56.7 Å². The van der Waals surface area contributed by atoms with Gasteiger partial charge in [0.15, 0.2) is 0 Å². The van der Waals surface area contributed by atoms with Crippen molar-refractivity contribution in [1.29, 1.82) is 0 Å². The molecule has 0 aromatic rings. The zero-order valence-electron chi connectivity index (χ0n) is 10.5. The first kappa shape index (κ1) is 11.0. The van der Waals surface area contributed by atoms with Crippen LogP contribution in [0.4, 0.5) is 0 Å². The molecule has 92 valence electrons. The van der Waals surface area contributed by atoms with Crippen molar-refractivity contribution >= 4 is 0 Å². The van der Waals surface area contributed by atoms with Gasteiger partial charge in [0.1, 0.15) is 0 Å². The number of likely N-dealkylation sites (tertiary alicyclic amines) is 2. The van der Waals surface area contributed by atoms with Crippen molar-refractivity contribution in [3.8, 4) is 0 Å². The topological polar surface area (TPSA) is 32.5 Å². The summed E-state index contributed by atoms with van der Waals surface area (Å²) in [4.78, 5) is 5.35. The van der Waals surface area contributed by atoms with Crippen LogP contribution in [-0.4, -0.2) is 53.6 Å². The second kappa shape index (κ2) is 3.97. The van der Waals surface area contributed by atoms with Crippen LogP contribution < -0.4 is 5.73 Å². The zero-order chi connectivity index (χ0) is 11.2. The van der Waals surface area contributed by atoms with Gasteiger partial charge in [0, 0.05) is 37.3 Å². The summed E-state index contributed by atoms with van der Waals surface area (Å²) in [6, 6.07) is 1.36. The molecule has 1 unspecified atom stereocenters. The van der Waals surface area contributed by atoms with Crippen LogP contribution in [0.2, 0.25) is 0 Å². The third-order valence-corrected chi connectivity index (χ3v) is 5.14. The monoisotopic (exact) mass is 223 g/mol. The van der Waals surface area contributed by atoms with Gasteiger partial charge < -0.3 is 10.6 Å². The van der Waals surface area contributed by atoms with Gasteiger partial charge in [-0.3, -0.25) is 4.90 Å². The van der Waals surface area contributed by atoms with Crippen LogP contribution in [0.1, 0.15) is 39.0 Å². The molecule has 1 aliphatic carbocycles. The highest BCUT2D eigenvalue weighted by Crippen LogP contribution is 2.40. The number of likely N-dealkylation sites (N-methyl/N-ethyl adjacent to an activating group) is 1. The molecule has 3 nitrogen and oxygen atoms in total. The van der Waals surface area contributed by atoms with Gasteiger partial charge in [-0.25, -0.2) is 0 Å². The van der Waals surface area contributed by atoms with E-state index in [1.54, 1.807) is 0 Å². The lowest BCUT2D eigenvalue weighted by Crippen LogP contribution is -2.59. The molecule has 3 aliphatic rings. The van der Waals surface area contributed by atoms with E-state index in [-0.39, 0.29) is 0 Å². The summed E-state index contributed by atoms with van der Waals surface area (Å²) in [6.07, 6.45) is 6.70. The second-order valence-electron chi connectivity index (χ2n) is 5.85. The summed E-state index contributed by atoms with van der Waals surface area (Å²) < 4.78 is 0. The standard InChI is InChI=1S/C13H25N3/c1-2-16-8-5-12(14)13(16)6-9-15(10-7-13)11-3-4-11/h11-12H,2-10,14H2,1H3. The van der Waals surface area contributed by atoms with E-state index in [9.17, 15) is 0 Å². The van der Waals surface area contributed by atoms with Crippen LogP contribution in [0.15, 0.2) is 0 Å². The Morgan fingerprint density at radius 2 is 1.81 bits per heavy atom. The molecule has 1 spiro atoms. The van der Waals surface area contributed by atoms with Crippen LogP contribution in [0.25, 0.3) is 0 Å². The smallest absolute Gasteiger partial charge is 0.0385 e. The van der Waals surface area contributed by atoms with E-state index in [1.807, 2.05) is 0 Å². The van der Waals surface area contributed by atoms with Gasteiger partial charge in [-0.2, -0.15) is 0 Å². The lowest BCUT2D eigenvalue weighted by molar-refractivity contribution is 0.0442. The van der Waals surface area contributed by atoms with E-state index in [0.29, 0.717) is 11.6 Å². The Morgan fingerprint density at radius 1 is 1.12 bits per heavy atom. The molecule has 0 aromatic heterocycles. The van der Waals surface area contributed by atoms with E-state index in [0.717, 1.165) is 6.04 Å². The third kappa shape index (κ3) is 1.60. The highest BCUT2D eigenvalue weighted by atomic mass is 15.3. The fraction of sp³-hybridized carbons (Fsp3) is 1.00. The van der Waals surface area contributed by atoms with Crippen LogP contribution in [0.3, 0.4) is 0 Å². The molecule has 2 saturated heterocycles. The summed E-state index contributed by atoms with van der Waals surface area (Å²) in [5, 5.41) is 0. The van der Waals surface area contributed by atoms with Crippen molar-refractivity contribution in [3.05, 3.63) is 0 Å². The molecule has 3 fully saturated rings. The SMILES string of the molecule is CCN1CCC(N)C12CCN(C1CC1)CC2. The minimum Gasteiger partial charge on any atom is -0.326 e. The summed E-state index contributed by atoms with van der Waals surface area (Å²) in [6.45, 7) is 7.26. The first-order chi connectivity index (χ1) is 7.76. The molecule has 1 atom stereocenters. The third-order valence-electron chi connectivity index (χ3n) is 5.14. The predicted molar refractivity (Wildman–Crippen MR) is 66.4 cm³/mol. The number of nitrogens with two attached hydrogens (primary N) is 1. The molecule has 0 bridgehead atoms. The van der Waals surface area contributed by atoms with Crippen molar-refractivity contribution < 1.29 is 0 Å². The van der Waals surface area contributed by atoms with Crippen molar-refractivity contribution in [2.24, 2.45) is 5.73 Å². The quantitative estimate of drug-likeness (QED) is 0.759. The first-order valence-electron chi connectivity index (χ1n) is 7.01. The average Bonchev–Trinajstić information content (AvgIpc) is 3.10. The van der Waals surface area contributed by atoms with Crippen LogP contribution in [-0.2, 0) is 0 Å². The fourth-order valence-corrected chi connectivity index (χ4v) is 3.90. The fourth-order valence-electron chi connectivity index (χ4n) is 3.90. The van der Waals surface area contributed by atoms with Gasteiger partial charge >= 0.3 is 0 Å². The largest absolute Gasteiger partial charge is 0.326 e. The number of piperidine rings is 1. The first-order valence-corrected chi connectivity index (χ1v) is 7.01. The second-order valence-corrected chi connectivity index (χ2v) is 5.85. The summed E-state index contributed by atoms with van der Waals surface area (Å²) in [5.41, 5.74) is 6.75. The van der Waals surface area contributed by atoms with Crippen LogP contribution in [0, 0.1) is 0 Å². The van der Waals surface area contributed by atoms with Crippen LogP contribution in [0.5, 0.6) is 0 Å². The Bertz CT molecular complexity index is 254. The Balaban J connectivity index is 1.69. The number of hydrogen-bond donors (Lipinski definition) is 1. The molecule has 3 heteroatoms. The molecule has 0 aromatic carbocycles. The van der Waals surface area contributed by atoms with Gasteiger partial charge in [-0.1, -0.05) is 6.92 Å². The minimum atomic E-state index is 0.361. The predicted octanol–water partition coefficient (Wildman–Crippen LogP) is 1.04. The Hall–Kier alpha value is -0.120. The number of nitrogens with zero attached hydrogens (tertiary/aromatic N) is 2. The van der Waals surface area contributed by atoms with Crippen molar-refractivity contribution in [3.63, 3.8) is 0 Å². The summed E-state index contributed by atoms with van der Waals surface area (Å²) in [7, 11) is 0. The molecule has 2 N–H and O–H groups in total. The Kier molecular flexibility index (Phi) is 2.73. The maximum atomic E-state index is 6.39. The van der Waals surface area contributed by atoms with Gasteiger partial charge in [-0.15, -0.1) is 0 Å². The maximum Gasteiger partial charge on any atom is 0.0385 e. The summed E-state index contributed by atoms with van der Waals surface area (Å²) >= 11 is 0. The van der Waals surface area contributed by atoms with E-state index in [2.05, 4.69) is 16.7 Å². The Labute approximate surface area is 99.0 Å². The van der Waals surface area contributed by atoms with E-state index in [4.69, 9.17) is 5.73 Å². The molecule has 0 radical (unpaired) electrons. The average molecular weight is 223 g/mol.